The van der Waals surface area contributed by atoms with Crippen molar-refractivity contribution in [2.24, 2.45) is 0 Å². The van der Waals surface area contributed by atoms with Crippen LogP contribution in [0.5, 0.6) is 0 Å². The van der Waals surface area contributed by atoms with E-state index < -0.39 is 0 Å². The summed E-state index contributed by atoms with van der Waals surface area (Å²) in [6, 6.07) is 3.67. The van der Waals surface area contributed by atoms with Crippen molar-refractivity contribution < 1.29 is 4.39 Å². The van der Waals surface area contributed by atoms with Crippen LogP contribution in [0, 0.1) is 5.82 Å². The second-order valence-electron chi connectivity index (χ2n) is 4.71. The highest BCUT2D eigenvalue weighted by molar-refractivity contribution is 7.18. The highest BCUT2D eigenvalue weighted by Gasteiger charge is 2.13. The molecule has 0 aliphatic carbocycles. The maximum atomic E-state index is 13.8. The number of benzene rings is 1. The van der Waals surface area contributed by atoms with Crippen LogP contribution in [0.4, 0.5) is 4.39 Å². The van der Waals surface area contributed by atoms with E-state index in [1.807, 2.05) is 0 Å². The van der Waals surface area contributed by atoms with Crippen LogP contribution in [-0.4, -0.2) is 4.98 Å². The minimum Gasteiger partial charge on any atom is -0.238 e. The van der Waals surface area contributed by atoms with Gasteiger partial charge in [0.2, 0.25) is 0 Å². The summed E-state index contributed by atoms with van der Waals surface area (Å²) < 4.78 is 14.8. The van der Waals surface area contributed by atoms with Gasteiger partial charge in [0.05, 0.1) is 9.71 Å². The van der Waals surface area contributed by atoms with E-state index in [-0.39, 0.29) is 5.82 Å². The second-order valence-corrected chi connectivity index (χ2v) is 5.77. The van der Waals surface area contributed by atoms with Crippen molar-refractivity contribution in [2.75, 3.05) is 0 Å². The summed E-state index contributed by atoms with van der Waals surface area (Å²) in [4.78, 5) is 4.36. The molecule has 16 heavy (non-hydrogen) atoms. The standard InChI is InChI=1S/C13H16FNS/c1-7(2)9-5-10(14)12-11(6-9)16-13(15-12)8(3)4/h5-8H,1-4H3. The summed E-state index contributed by atoms with van der Waals surface area (Å²) >= 11 is 1.60. The summed E-state index contributed by atoms with van der Waals surface area (Å²) in [5, 5.41) is 1.01. The fourth-order valence-corrected chi connectivity index (χ4v) is 2.64. The van der Waals surface area contributed by atoms with Crippen molar-refractivity contribution in [3.63, 3.8) is 0 Å². The lowest BCUT2D eigenvalue weighted by atomic mass is 10.0. The minimum absolute atomic E-state index is 0.190. The monoisotopic (exact) mass is 237 g/mol. The van der Waals surface area contributed by atoms with Crippen LogP contribution in [0.3, 0.4) is 0 Å². The quantitative estimate of drug-likeness (QED) is 0.739. The fourth-order valence-electron chi connectivity index (χ4n) is 1.61. The average Bonchev–Trinajstić information content (AvgIpc) is 2.61. The molecule has 0 amide bonds. The molecule has 1 aromatic carbocycles. The zero-order valence-corrected chi connectivity index (χ0v) is 10.9. The summed E-state index contributed by atoms with van der Waals surface area (Å²) in [7, 11) is 0. The number of aromatic nitrogens is 1. The molecule has 0 aliphatic rings. The molecule has 1 heterocycles. The third kappa shape index (κ3) is 1.96. The molecule has 0 fully saturated rings. The van der Waals surface area contributed by atoms with Crippen molar-refractivity contribution in [1.29, 1.82) is 0 Å². The molecule has 1 nitrogen and oxygen atoms in total. The van der Waals surface area contributed by atoms with Crippen molar-refractivity contribution in [3.8, 4) is 0 Å². The second kappa shape index (κ2) is 4.13. The Morgan fingerprint density at radius 3 is 2.38 bits per heavy atom. The van der Waals surface area contributed by atoms with E-state index in [0.29, 0.717) is 17.4 Å². The Kier molecular flexibility index (Phi) is 2.98. The van der Waals surface area contributed by atoms with Crippen molar-refractivity contribution in [1.82, 2.24) is 4.98 Å². The van der Waals surface area contributed by atoms with Gasteiger partial charge >= 0.3 is 0 Å². The van der Waals surface area contributed by atoms with Crippen LogP contribution in [-0.2, 0) is 0 Å². The summed E-state index contributed by atoms with van der Waals surface area (Å²) in [5.41, 5.74) is 1.57. The Morgan fingerprint density at radius 2 is 1.81 bits per heavy atom. The maximum Gasteiger partial charge on any atom is 0.150 e. The average molecular weight is 237 g/mol. The fraction of sp³-hybridized carbons (Fsp3) is 0.462. The summed E-state index contributed by atoms with van der Waals surface area (Å²) in [6.45, 7) is 8.31. The molecule has 1 aromatic heterocycles. The number of hydrogen-bond acceptors (Lipinski definition) is 2. The van der Waals surface area contributed by atoms with Crippen LogP contribution < -0.4 is 0 Å². The SMILES string of the molecule is CC(C)c1cc(F)c2nc(C(C)C)sc2c1. The predicted molar refractivity (Wildman–Crippen MR) is 67.8 cm³/mol. The molecule has 0 saturated carbocycles. The third-order valence-electron chi connectivity index (χ3n) is 2.65. The van der Waals surface area contributed by atoms with E-state index >= 15 is 0 Å². The lowest BCUT2D eigenvalue weighted by Gasteiger charge is -2.04. The van der Waals surface area contributed by atoms with Crippen LogP contribution in [0.25, 0.3) is 10.2 Å². The number of nitrogens with zero attached hydrogens (tertiary/aromatic N) is 1. The molecule has 0 unspecified atom stereocenters. The number of thiazole rings is 1. The zero-order chi connectivity index (χ0) is 11.9. The van der Waals surface area contributed by atoms with Crippen LogP contribution in [0.2, 0.25) is 0 Å². The highest BCUT2D eigenvalue weighted by atomic mass is 32.1. The molecule has 0 N–H and O–H groups in total. The van der Waals surface area contributed by atoms with Crippen LogP contribution in [0.15, 0.2) is 12.1 Å². The van der Waals surface area contributed by atoms with Crippen molar-refractivity contribution >= 4 is 21.6 Å². The van der Waals surface area contributed by atoms with Crippen molar-refractivity contribution in [3.05, 3.63) is 28.5 Å². The summed E-state index contributed by atoms with van der Waals surface area (Å²) in [5.74, 6) is 0.521. The first-order chi connectivity index (χ1) is 7.49. The van der Waals surface area contributed by atoms with Crippen molar-refractivity contribution in [2.45, 2.75) is 39.5 Å². The number of fused-ring (bicyclic) bond motifs is 1. The molecule has 0 bridgehead atoms. The highest BCUT2D eigenvalue weighted by Crippen LogP contribution is 2.31. The van der Waals surface area contributed by atoms with Gasteiger partial charge in [-0.15, -0.1) is 11.3 Å². The number of rotatable bonds is 2. The molecular weight excluding hydrogens is 221 g/mol. The largest absolute Gasteiger partial charge is 0.238 e. The van der Waals surface area contributed by atoms with Gasteiger partial charge in [0.25, 0.3) is 0 Å². The third-order valence-corrected chi connectivity index (χ3v) is 3.95. The molecule has 0 spiro atoms. The van der Waals surface area contributed by atoms with Gasteiger partial charge < -0.3 is 0 Å². The van der Waals surface area contributed by atoms with Crippen LogP contribution >= 0.6 is 11.3 Å². The zero-order valence-electron chi connectivity index (χ0n) is 10.0. The summed E-state index contributed by atoms with van der Waals surface area (Å²) in [6.07, 6.45) is 0. The molecule has 0 aliphatic heterocycles. The predicted octanol–water partition coefficient (Wildman–Crippen LogP) is 4.68. The van der Waals surface area contributed by atoms with E-state index in [1.165, 1.54) is 0 Å². The van der Waals surface area contributed by atoms with Gasteiger partial charge in [0, 0.05) is 5.92 Å². The maximum absolute atomic E-state index is 13.8. The molecule has 2 rings (SSSR count). The van der Waals surface area contributed by atoms with Gasteiger partial charge in [-0.2, -0.15) is 0 Å². The Morgan fingerprint density at radius 1 is 1.12 bits per heavy atom. The Labute approximate surface area is 99.3 Å². The number of halogens is 1. The Balaban J connectivity index is 2.63. The van der Waals surface area contributed by atoms with E-state index in [2.05, 4.69) is 38.7 Å². The molecule has 2 aromatic rings. The first-order valence-corrected chi connectivity index (χ1v) is 6.40. The first-order valence-electron chi connectivity index (χ1n) is 5.59. The molecule has 0 saturated heterocycles. The van der Waals surface area contributed by atoms with Gasteiger partial charge in [-0.25, -0.2) is 9.37 Å². The normalized spacial score (nSPS) is 11.9. The van der Waals surface area contributed by atoms with E-state index in [4.69, 9.17) is 0 Å². The lowest BCUT2D eigenvalue weighted by Crippen LogP contribution is -1.89. The van der Waals surface area contributed by atoms with E-state index in [9.17, 15) is 4.39 Å². The van der Waals surface area contributed by atoms with E-state index in [1.54, 1.807) is 17.4 Å². The molecule has 0 radical (unpaired) electrons. The topological polar surface area (TPSA) is 12.9 Å². The van der Waals surface area contributed by atoms with Gasteiger partial charge in [-0.1, -0.05) is 27.7 Å². The van der Waals surface area contributed by atoms with Gasteiger partial charge in [0.1, 0.15) is 5.52 Å². The van der Waals surface area contributed by atoms with Gasteiger partial charge in [-0.05, 0) is 23.6 Å². The lowest BCUT2D eigenvalue weighted by molar-refractivity contribution is 0.632. The number of hydrogen-bond donors (Lipinski definition) is 0. The first kappa shape index (κ1) is 11.5. The molecular formula is C13H16FNS. The van der Waals surface area contributed by atoms with Gasteiger partial charge in [0.15, 0.2) is 5.82 Å². The smallest absolute Gasteiger partial charge is 0.150 e. The molecule has 0 atom stereocenters. The van der Waals surface area contributed by atoms with Gasteiger partial charge in [-0.3, -0.25) is 0 Å². The minimum atomic E-state index is -0.190. The Bertz CT molecular complexity index is 514. The Hall–Kier alpha value is -0.960. The van der Waals surface area contributed by atoms with Crippen LogP contribution in [0.1, 0.15) is 50.1 Å². The molecule has 3 heteroatoms. The molecule has 86 valence electrons. The van der Waals surface area contributed by atoms with E-state index in [0.717, 1.165) is 15.3 Å².